The van der Waals surface area contributed by atoms with Crippen LogP contribution in [0.5, 0.6) is 5.75 Å². The average molecular weight is 475 g/mol. The highest BCUT2D eigenvalue weighted by Crippen LogP contribution is 2.21. The van der Waals surface area contributed by atoms with Gasteiger partial charge in [-0.3, -0.25) is 9.59 Å². The van der Waals surface area contributed by atoms with Crippen molar-refractivity contribution in [3.05, 3.63) is 89.0 Å². The van der Waals surface area contributed by atoms with Gasteiger partial charge in [0.15, 0.2) is 6.61 Å². The topological polar surface area (TPSA) is 85.2 Å². The van der Waals surface area contributed by atoms with Crippen LogP contribution >= 0.6 is 0 Å². The molecule has 0 aliphatic rings. The minimum atomic E-state index is -0.405. The normalized spacial score (nSPS) is 10.9. The Labute approximate surface area is 202 Å². The molecule has 0 atom stereocenters. The summed E-state index contributed by atoms with van der Waals surface area (Å²) in [6, 6.07) is 17.5. The van der Waals surface area contributed by atoms with Crippen LogP contribution in [0.3, 0.4) is 0 Å². The molecule has 7 nitrogen and oxygen atoms in total. The summed E-state index contributed by atoms with van der Waals surface area (Å²) in [5, 5.41) is 5.64. The first kappa shape index (κ1) is 23.9. The summed E-state index contributed by atoms with van der Waals surface area (Å²) in [5.74, 6) is 0.450. The van der Waals surface area contributed by atoms with E-state index in [2.05, 4.69) is 15.6 Å². The van der Waals surface area contributed by atoms with Gasteiger partial charge in [-0.15, -0.1) is 0 Å². The molecule has 3 aromatic carbocycles. The highest BCUT2D eigenvalue weighted by molar-refractivity contribution is 5.95. The van der Waals surface area contributed by atoms with E-state index in [-0.39, 0.29) is 24.0 Å². The number of aromatic nitrogens is 2. The first-order valence-corrected chi connectivity index (χ1v) is 11.3. The van der Waals surface area contributed by atoms with E-state index < -0.39 is 5.82 Å². The number of benzene rings is 3. The Morgan fingerprint density at radius 1 is 1.03 bits per heavy atom. The zero-order valence-corrected chi connectivity index (χ0v) is 19.9. The van der Waals surface area contributed by atoms with Gasteiger partial charge < -0.3 is 19.9 Å². The number of carbonyl (C=O) groups excluding carboxylic acids is 2. The fourth-order valence-corrected chi connectivity index (χ4v) is 3.73. The lowest BCUT2D eigenvalue weighted by Gasteiger charge is -2.09. The van der Waals surface area contributed by atoms with Crippen molar-refractivity contribution in [1.82, 2.24) is 14.9 Å². The molecule has 1 heterocycles. The maximum absolute atomic E-state index is 13.7. The summed E-state index contributed by atoms with van der Waals surface area (Å²) >= 11 is 0. The number of hydrogen-bond acceptors (Lipinski definition) is 4. The van der Waals surface area contributed by atoms with E-state index in [9.17, 15) is 14.0 Å². The number of hydrogen-bond donors (Lipinski definition) is 2. The van der Waals surface area contributed by atoms with Crippen LogP contribution in [0.15, 0.2) is 60.7 Å². The molecule has 4 rings (SSSR count). The number of carbonyl (C=O) groups is 2. The summed E-state index contributed by atoms with van der Waals surface area (Å²) in [6.45, 7) is 3.83. The van der Waals surface area contributed by atoms with Gasteiger partial charge in [0.1, 0.15) is 17.4 Å². The molecule has 0 fully saturated rings. The largest absolute Gasteiger partial charge is 0.483 e. The van der Waals surface area contributed by atoms with Crippen molar-refractivity contribution in [3.63, 3.8) is 0 Å². The van der Waals surface area contributed by atoms with Crippen molar-refractivity contribution in [2.75, 3.05) is 18.5 Å². The molecule has 35 heavy (non-hydrogen) atoms. The Hall–Kier alpha value is -4.20. The van der Waals surface area contributed by atoms with Gasteiger partial charge in [0.25, 0.3) is 11.8 Å². The van der Waals surface area contributed by atoms with Crippen molar-refractivity contribution in [2.24, 2.45) is 7.05 Å². The van der Waals surface area contributed by atoms with Gasteiger partial charge in [0.2, 0.25) is 0 Å². The molecule has 0 unspecified atom stereocenters. The number of nitrogens with one attached hydrogen (secondary N) is 2. The van der Waals surface area contributed by atoms with E-state index >= 15 is 0 Å². The van der Waals surface area contributed by atoms with E-state index in [1.54, 1.807) is 25.1 Å². The number of rotatable bonds is 8. The summed E-state index contributed by atoms with van der Waals surface area (Å²) < 4.78 is 21.3. The Kier molecular flexibility index (Phi) is 7.10. The van der Waals surface area contributed by atoms with Crippen LogP contribution in [-0.4, -0.2) is 34.5 Å². The molecule has 0 radical (unpaired) electrons. The third-order valence-electron chi connectivity index (χ3n) is 5.78. The van der Waals surface area contributed by atoms with Crippen LogP contribution in [-0.2, 0) is 18.3 Å². The summed E-state index contributed by atoms with van der Waals surface area (Å²) in [6.07, 6.45) is 0.497. The van der Waals surface area contributed by atoms with E-state index in [0.29, 0.717) is 30.0 Å². The maximum Gasteiger partial charge on any atom is 0.262 e. The van der Waals surface area contributed by atoms with Crippen molar-refractivity contribution < 1.29 is 18.7 Å². The van der Waals surface area contributed by atoms with Gasteiger partial charge in [-0.2, -0.15) is 0 Å². The SMILES string of the molecule is Cc1ccc(C(=O)NCCc2nc3cc(NC(=O)COc4ccccc4C)ccc3n2C)cc1F. The molecule has 2 amide bonds. The quantitative estimate of drug-likeness (QED) is 0.398. The zero-order chi connectivity index (χ0) is 24.9. The highest BCUT2D eigenvalue weighted by Gasteiger charge is 2.12. The van der Waals surface area contributed by atoms with Gasteiger partial charge in [0, 0.05) is 31.3 Å². The molecule has 4 aromatic rings. The molecule has 1 aromatic heterocycles. The number of halogens is 1. The Morgan fingerprint density at radius 3 is 2.60 bits per heavy atom. The molecule has 0 bridgehead atoms. The first-order chi connectivity index (χ1) is 16.8. The fraction of sp³-hybridized carbons (Fsp3) is 0.222. The van der Waals surface area contributed by atoms with E-state index in [0.717, 1.165) is 22.4 Å². The Bertz CT molecular complexity index is 1400. The molecule has 0 saturated heterocycles. The predicted octanol–water partition coefficient (Wildman–Crippen LogP) is 4.32. The zero-order valence-electron chi connectivity index (χ0n) is 19.9. The van der Waals surface area contributed by atoms with Crippen LogP contribution in [0.1, 0.15) is 27.3 Å². The molecule has 0 spiro atoms. The third kappa shape index (κ3) is 5.66. The molecule has 8 heteroatoms. The molecule has 180 valence electrons. The van der Waals surface area contributed by atoms with E-state index in [1.165, 1.54) is 6.07 Å². The number of amides is 2. The lowest BCUT2D eigenvalue weighted by molar-refractivity contribution is -0.118. The summed E-state index contributed by atoms with van der Waals surface area (Å²) in [4.78, 5) is 29.3. The molecule has 0 aliphatic carbocycles. The van der Waals surface area contributed by atoms with Crippen molar-refractivity contribution in [3.8, 4) is 5.75 Å². The Morgan fingerprint density at radius 2 is 1.83 bits per heavy atom. The van der Waals surface area contributed by atoms with Gasteiger partial charge in [-0.1, -0.05) is 24.3 Å². The smallest absolute Gasteiger partial charge is 0.262 e. The third-order valence-corrected chi connectivity index (χ3v) is 5.78. The molecule has 2 N–H and O–H groups in total. The molecule has 0 saturated carbocycles. The van der Waals surface area contributed by atoms with Gasteiger partial charge >= 0.3 is 0 Å². The van der Waals surface area contributed by atoms with E-state index in [4.69, 9.17) is 4.74 Å². The van der Waals surface area contributed by atoms with Crippen LogP contribution in [0.2, 0.25) is 0 Å². The highest BCUT2D eigenvalue weighted by atomic mass is 19.1. The lowest BCUT2D eigenvalue weighted by atomic mass is 10.1. The first-order valence-electron chi connectivity index (χ1n) is 11.3. The molecule has 0 aliphatic heterocycles. The second kappa shape index (κ2) is 10.4. The van der Waals surface area contributed by atoms with Crippen molar-refractivity contribution in [1.29, 1.82) is 0 Å². The molecular weight excluding hydrogens is 447 g/mol. The standard InChI is InChI=1S/C27H27FN4O3/c1-17-8-9-19(14-21(17)28)27(34)29-13-12-25-31-22-15-20(10-11-23(22)32(25)3)30-26(33)16-35-24-7-5-4-6-18(24)2/h4-11,14-15H,12-13,16H2,1-3H3,(H,29,34)(H,30,33). The summed E-state index contributed by atoms with van der Waals surface area (Å²) in [5.41, 5.74) is 3.99. The van der Waals surface area contributed by atoms with Gasteiger partial charge in [-0.05, 0) is 61.4 Å². The maximum atomic E-state index is 13.7. The summed E-state index contributed by atoms with van der Waals surface area (Å²) in [7, 11) is 1.90. The number of aryl methyl sites for hydroxylation is 3. The minimum absolute atomic E-state index is 0.0963. The van der Waals surface area contributed by atoms with Gasteiger partial charge in [-0.25, -0.2) is 9.37 Å². The lowest BCUT2D eigenvalue weighted by Crippen LogP contribution is -2.26. The number of fused-ring (bicyclic) bond motifs is 1. The fourth-order valence-electron chi connectivity index (χ4n) is 3.73. The molecular formula is C27H27FN4O3. The number of ether oxygens (including phenoxy) is 1. The van der Waals surface area contributed by atoms with E-state index in [1.807, 2.05) is 54.9 Å². The second-order valence-corrected chi connectivity index (χ2v) is 8.36. The van der Waals surface area contributed by atoms with Crippen molar-refractivity contribution in [2.45, 2.75) is 20.3 Å². The van der Waals surface area contributed by atoms with Crippen LogP contribution in [0.4, 0.5) is 10.1 Å². The number of nitrogens with zero attached hydrogens (tertiary/aromatic N) is 2. The second-order valence-electron chi connectivity index (χ2n) is 8.36. The van der Waals surface area contributed by atoms with Crippen LogP contribution in [0.25, 0.3) is 11.0 Å². The number of imidazole rings is 1. The number of anilines is 1. The monoisotopic (exact) mass is 474 g/mol. The van der Waals surface area contributed by atoms with Crippen LogP contribution in [0, 0.1) is 19.7 Å². The predicted molar refractivity (Wildman–Crippen MR) is 133 cm³/mol. The van der Waals surface area contributed by atoms with Crippen molar-refractivity contribution >= 4 is 28.5 Å². The van der Waals surface area contributed by atoms with Gasteiger partial charge in [0.05, 0.1) is 11.0 Å². The van der Waals surface area contributed by atoms with Crippen LogP contribution < -0.4 is 15.4 Å². The Balaban J connectivity index is 1.35. The average Bonchev–Trinajstić information content (AvgIpc) is 3.15. The minimum Gasteiger partial charge on any atom is -0.483 e. The number of para-hydroxylation sites is 1.